The van der Waals surface area contributed by atoms with E-state index in [0.717, 1.165) is 0 Å². The van der Waals surface area contributed by atoms with E-state index in [4.69, 9.17) is 9.84 Å². The van der Waals surface area contributed by atoms with Crippen molar-refractivity contribution in [2.75, 3.05) is 7.11 Å². The second kappa shape index (κ2) is 4.65. The van der Waals surface area contributed by atoms with Crippen LogP contribution in [0.3, 0.4) is 0 Å². The van der Waals surface area contributed by atoms with E-state index in [9.17, 15) is 9.90 Å². The van der Waals surface area contributed by atoms with Gasteiger partial charge in [-0.1, -0.05) is 13.8 Å². The van der Waals surface area contributed by atoms with Gasteiger partial charge in [0.05, 0.1) is 13.5 Å². The molecule has 0 radical (unpaired) electrons. The first-order chi connectivity index (χ1) is 7.77. The molecule has 0 saturated carbocycles. The molecule has 4 nitrogen and oxygen atoms in total. The van der Waals surface area contributed by atoms with Gasteiger partial charge in [0.15, 0.2) is 0 Å². The molecule has 0 aliphatic carbocycles. The van der Waals surface area contributed by atoms with Crippen LogP contribution in [0.25, 0.3) is 0 Å². The molecule has 0 aliphatic rings. The first kappa shape index (κ1) is 13.4. The molecule has 4 heteroatoms. The number of ether oxygens (including phenoxy) is 1. The SMILES string of the molecule is COc1cc(C)c(O)cc1C(C)(C)CC(=O)O. The Morgan fingerprint density at radius 2 is 2.00 bits per heavy atom. The van der Waals surface area contributed by atoms with E-state index in [0.29, 0.717) is 16.9 Å². The molecule has 0 spiro atoms. The topological polar surface area (TPSA) is 66.8 Å². The van der Waals surface area contributed by atoms with Gasteiger partial charge in [-0.15, -0.1) is 0 Å². The molecule has 0 saturated heterocycles. The summed E-state index contributed by atoms with van der Waals surface area (Å²) in [5.74, 6) is -0.122. The zero-order chi connectivity index (χ0) is 13.2. The highest BCUT2D eigenvalue weighted by molar-refractivity contribution is 5.69. The maximum absolute atomic E-state index is 10.8. The lowest BCUT2D eigenvalue weighted by Crippen LogP contribution is -2.22. The van der Waals surface area contributed by atoms with Gasteiger partial charge in [0, 0.05) is 11.0 Å². The van der Waals surface area contributed by atoms with Crippen molar-refractivity contribution >= 4 is 5.97 Å². The monoisotopic (exact) mass is 238 g/mol. The Labute approximate surface area is 101 Å². The van der Waals surface area contributed by atoms with Crippen LogP contribution >= 0.6 is 0 Å². The Morgan fingerprint density at radius 1 is 1.41 bits per heavy atom. The number of aliphatic carboxylic acids is 1. The maximum Gasteiger partial charge on any atom is 0.304 e. The van der Waals surface area contributed by atoms with E-state index < -0.39 is 11.4 Å². The molecule has 1 aromatic rings. The molecule has 1 rings (SSSR count). The highest BCUT2D eigenvalue weighted by atomic mass is 16.5. The third-order valence-corrected chi connectivity index (χ3v) is 2.84. The average Bonchev–Trinajstić information content (AvgIpc) is 2.19. The van der Waals surface area contributed by atoms with Crippen molar-refractivity contribution in [3.8, 4) is 11.5 Å². The van der Waals surface area contributed by atoms with Gasteiger partial charge < -0.3 is 14.9 Å². The van der Waals surface area contributed by atoms with Crippen LogP contribution < -0.4 is 4.74 Å². The van der Waals surface area contributed by atoms with Gasteiger partial charge in [-0.05, 0) is 24.6 Å². The van der Waals surface area contributed by atoms with Crippen LogP contribution in [-0.4, -0.2) is 23.3 Å². The van der Waals surface area contributed by atoms with E-state index in [1.807, 2.05) is 13.8 Å². The van der Waals surface area contributed by atoms with Crippen LogP contribution in [-0.2, 0) is 10.2 Å². The van der Waals surface area contributed by atoms with E-state index in [2.05, 4.69) is 0 Å². The highest BCUT2D eigenvalue weighted by Crippen LogP contribution is 2.38. The maximum atomic E-state index is 10.8. The minimum absolute atomic E-state index is 0.0220. The fourth-order valence-electron chi connectivity index (χ4n) is 1.84. The number of carboxylic acid groups (broad SMARTS) is 1. The fraction of sp³-hybridized carbons (Fsp3) is 0.462. The van der Waals surface area contributed by atoms with Gasteiger partial charge in [0.1, 0.15) is 11.5 Å². The number of aryl methyl sites for hydroxylation is 1. The summed E-state index contributed by atoms with van der Waals surface area (Å²) in [4.78, 5) is 10.8. The molecule has 1 aromatic carbocycles. The van der Waals surface area contributed by atoms with Crippen LogP contribution in [0.5, 0.6) is 11.5 Å². The Balaban J connectivity index is 3.28. The first-order valence-electron chi connectivity index (χ1n) is 5.38. The van der Waals surface area contributed by atoms with Crippen molar-refractivity contribution in [2.24, 2.45) is 0 Å². The number of phenols is 1. The standard InChI is InChI=1S/C13H18O4/c1-8-5-11(17-4)9(6-10(8)14)13(2,3)7-12(15)16/h5-6,14H,7H2,1-4H3,(H,15,16). The van der Waals surface area contributed by atoms with E-state index in [1.165, 1.54) is 7.11 Å². The average molecular weight is 238 g/mol. The third kappa shape index (κ3) is 2.90. The summed E-state index contributed by atoms with van der Waals surface area (Å²) < 4.78 is 5.25. The quantitative estimate of drug-likeness (QED) is 0.845. The number of carbonyl (C=O) groups is 1. The normalized spacial score (nSPS) is 11.3. The van der Waals surface area contributed by atoms with Crippen LogP contribution in [0.1, 0.15) is 31.4 Å². The molecule has 2 N–H and O–H groups in total. The lowest BCUT2D eigenvalue weighted by atomic mass is 9.80. The molecular formula is C13H18O4. The van der Waals surface area contributed by atoms with Gasteiger partial charge >= 0.3 is 5.97 Å². The zero-order valence-corrected chi connectivity index (χ0v) is 10.6. The Bertz CT molecular complexity index is 435. The summed E-state index contributed by atoms with van der Waals surface area (Å²) in [5, 5.41) is 18.6. The van der Waals surface area contributed by atoms with Crippen molar-refractivity contribution in [3.63, 3.8) is 0 Å². The molecule has 0 unspecified atom stereocenters. The number of aromatic hydroxyl groups is 1. The molecule has 0 aromatic heterocycles. The molecule has 17 heavy (non-hydrogen) atoms. The number of benzene rings is 1. The number of rotatable bonds is 4. The van der Waals surface area contributed by atoms with Crippen molar-refractivity contribution in [1.29, 1.82) is 0 Å². The second-order valence-corrected chi connectivity index (χ2v) is 4.79. The lowest BCUT2D eigenvalue weighted by molar-refractivity contribution is -0.138. The van der Waals surface area contributed by atoms with Crippen LogP contribution in [0.4, 0.5) is 0 Å². The van der Waals surface area contributed by atoms with Gasteiger partial charge in [0.25, 0.3) is 0 Å². The smallest absolute Gasteiger partial charge is 0.304 e. The first-order valence-corrected chi connectivity index (χ1v) is 5.38. The summed E-state index contributed by atoms with van der Waals surface area (Å²) in [5.41, 5.74) is 0.810. The third-order valence-electron chi connectivity index (χ3n) is 2.84. The molecule has 0 heterocycles. The van der Waals surface area contributed by atoms with E-state index in [-0.39, 0.29) is 12.2 Å². The summed E-state index contributed by atoms with van der Waals surface area (Å²) in [6.45, 7) is 5.40. The minimum Gasteiger partial charge on any atom is -0.508 e. The fourth-order valence-corrected chi connectivity index (χ4v) is 1.84. The molecule has 0 amide bonds. The Morgan fingerprint density at radius 3 is 2.47 bits per heavy atom. The molecule has 0 atom stereocenters. The van der Waals surface area contributed by atoms with E-state index >= 15 is 0 Å². The predicted molar refractivity (Wildman–Crippen MR) is 64.7 cm³/mol. The molecule has 0 fully saturated rings. The second-order valence-electron chi connectivity index (χ2n) is 4.79. The van der Waals surface area contributed by atoms with Gasteiger partial charge in [0.2, 0.25) is 0 Å². The van der Waals surface area contributed by atoms with Crippen molar-refractivity contribution in [3.05, 3.63) is 23.3 Å². The Hall–Kier alpha value is -1.71. The minimum atomic E-state index is -0.878. The number of phenolic OH excluding ortho intramolecular Hbond substituents is 1. The van der Waals surface area contributed by atoms with E-state index in [1.54, 1.807) is 19.1 Å². The zero-order valence-electron chi connectivity index (χ0n) is 10.6. The lowest BCUT2D eigenvalue weighted by Gasteiger charge is -2.26. The number of methoxy groups -OCH3 is 1. The summed E-state index contributed by atoms with van der Waals surface area (Å²) in [6.07, 6.45) is -0.0220. The van der Waals surface area contributed by atoms with Crippen LogP contribution in [0.2, 0.25) is 0 Å². The van der Waals surface area contributed by atoms with Crippen molar-refractivity contribution in [1.82, 2.24) is 0 Å². The van der Waals surface area contributed by atoms with Crippen molar-refractivity contribution in [2.45, 2.75) is 32.6 Å². The van der Waals surface area contributed by atoms with Gasteiger partial charge in [-0.2, -0.15) is 0 Å². The summed E-state index contributed by atoms with van der Waals surface area (Å²) >= 11 is 0. The largest absolute Gasteiger partial charge is 0.508 e. The predicted octanol–water partition coefficient (Wildman–Crippen LogP) is 2.46. The van der Waals surface area contributed by atoms with Crippen LogP contribution in [0.15, 0.2) is 12.1 Å². The molecule has 94 valence electrons. The van der Waals surface area contributed by atoms with Gasteiger partial charge in [-0.25, -0.2) is 0 Å². The molecule has 0 bridgehead atoms. The number of hydrogen-bond donors (Lipinski definition) is 2. The molecular weight excluding hydrogens is 220 g/mol. The van der Waals surface area contributed by atoms with Gasteiger partial charge in [-0.3, -0.25) is 4.79 Å². The highest BCUT2D eigenvalue weighted by Gasteiger charge is 2.28. The van der Waals surface area contributed by atoms with Crippen molar-refractivity contribution < 1.29 is 19.7 Å². The number of hydrogen-bond acceptors (Lipinski definition) is 3. The molecule has 0 aliphatic heterocycles. The van der Waals surface area contributed by atoms with Crippen LogP contribution in [0, 0.1) is 6.92 Å². The Kier molecular flexibility index (Phi) is 3.66. The number of carboxylic acids is 1. The summed E-state index contributed by atoms with van der Waals surface area (Å²) in [6, 6.07) is 3.30. The summed E-state index contributed by atoms with van der Waals surface area (Å²) in [7, 11) is 1.53.